The highest BCUT2D eigenvalue weighted by Gasteiger charge is 2.04. The third-order valence-corrected chi connectivity index (χ3v) is 6.42. The van der Waals surface area contributed by atoms with Crippen molar-refractivity contribution in [1.82, 2.24) is 0 Å². The number of nitro groups is 1. The molecule has 0 aliphatic carbocycles. The van der Waals surface area contributed by atoms with E-state index in [2.05, 4.69) is 6.92 Å². The first kappa shape index (κ1) is 39.2. The smallest absolute Gasteiger partial charge is 0.269 e. The van der Waals surface area contributed by atoms with E-state index in [1.165, 1.54) is 69.9 Å². The molecule has 0 aliphatic heterocycles. The maximum atomic E-state index is 10.6. The third-order valence-electron chi connectivity index (χ3n) is 6.42. The summed E-state index contributed by atoms with van der Waals surface area (Å²) in [4.78, 5) is 10.2. The predicted octanol–water partition coefficient (Wildman–Crippen LogP) is 6.01. The number of nitrogens with zero attached hydrogens (tertiary/aromatic N) is 1. The van der Waals surface area contributed by atoms with Crippen LogP contribution in [0.5, 0.6) is 5.75 Å². The van der Waals surface area contributed by atoms with Crippen molar-refractivity contribution < 1.29 is 42.8 Å². The highest BCUT2D eigenvalue weighted by atomic mass is 16.6. The summed E-state index contributed by atoms with van der Waals surface area (Å²) in [6.45, 7) is 10.1. The molecule has 0 unspecified atom stereocenters. The topological polar surface area (TPSA) is 117 Å². The molecule has 11 heteroatoms. The average Bonchev–Trinajstić information content (AvgIpc) is 3.02. The van der Waals surface area contributed by atoms with Crippen molar-refractivity contribution in [3.05, 3.63) is 34.4 Å². The molecular weight excluding hydrogens is 558 g/mol. The molecule has 0 saturated carbocycles. The summed E-state index contributed by atoms with van der Waals surface area (Å²) >= 11 is 0. The molecule has 0 fully saturated rings. The number of ether oxygens (including phenoxy) is 8. The van der Waals surface area contributed by atoms with Crippen LogP contribution in [0.4, 0.5) is 5.69 Å². The van der Waals surface area contributed by atoms with Crippen LogP contribution in [0.25, 0.3) is 0 Å². The second-order valence-electron chi connectivity index (χ2n) is 10.1. The second kappa shape index (κ2) is 31.6. The zero-order valence-electron chi connectivity index (χ0n) is 26.5. The monoisotopic (exact) mass is 615 g/mol. The molecule has 0 radical (unpaired) electrons. The Bertz CT molecular complexity index is 723. The van der Waals surface area contributed by atoms with Crippen LogP contribution in [0.2, 0.25) is 0 Å². The molecule has 11 nitrogen and oxygen atoms in total. The summed E-state index contributed by atoms with van der Waals surface area (Å²) in [5, 5.41) is 10.6. The van der Waals surface area contributed by atoms with Gasteiger partial charge in [0.2, 0.25) is 0 Å². The lowest BCUT2D eigenvalue weighted by atomic mass is 10.1. The summed E-state index contributed by atoms with van der Waals surface area (Å²) in [6.07, 6.45) is 13.4. The van der Waals surface area contributed by atoms with Crippen molar-refractivity contribution in [2.24, 2.45) is 0 Å². The molecule has 0 aromatic heterocycles. The normalized spacial score (nSPS) is 11.3. The van der Waals surface area contributed by atoms with Crippen molar-refractivity contribution in [1.29, 1.82) is 0 Å². The maximum absolute atomic E-state index is 10.6. The molecule has 0 amide bonds. The van der Waals surface area contributed by atoms with Gasteiger partial charge in [0.15, 0.2) is 0 Å². The van der Waals surface area contributed by atoms with E-state index in [-0.39, 0.29) is 5.69 Å². The molecule has 0 bridgehead atoms. The predicted molar refractivity (Wildman–Crippen MR) is 166 cm³/mol. The Morgan fingerprint density at radius 1 is 0.465 bits per heavy atom. The molecular formula is C32H57NO10. The lowest BCUT2D eigenvalue weighted by molar-refractivity contribution is -0.384. The summed E-state index contributed by atoms with van der Waals surface area (Å²) in [6, 6.07) is 5.94. The fourth-order valence-corrected chi connectivity index (χ4v) is 4.00. The Morgan fingerprint density at radius 3 is 1.16 bits per heavy atom. The van der Waals surface area contributed by atoms with Crippen molar-refractivity contribution in [2.75, 3.05) is 99.1 Å². The van der Waals surface area contributed by atoms with E-state index in [0.29, 0.717) is 98.2 Å². The van der Waals surface area contributed by atoms with Crippen molar-refractivity contribution >= 4 is 5.69 Å². The van der Waals surface area contributed by atoms with Gasteiger partial charge in [-0.1, -0.05) is 64.7 Å². The molecule has 0 aliphatic rings. The first-order valence-corrected chi connectivity index (χ1v) is 16.2. The minimum Gasteiger partial charge on any atom is -0.491 e. The van der Waals surface area contributed by atoms with Crippen LogP contribution in [0, 0.1) is 10.1 Å². The molecule has 1 aromatic rings. The number of nitro benzene ring substituents is 1. The number of rotatable bonds is 34. The second-order valence-corrected chi connectivity index (χ2v) is 10.1. The summed E-state index contributed by atoms with van der Waals surface area (Å²) in [7, 11) is 0. The van der Waals surface area contributed by atoms with E-state index < -0.39 is 4.92 Å². The lowest BCUT2D eigenvalue weighted by Gasteiger charge is -2.09. The van der Waals surface area contributed by atoms with Crippen LogP contribution < -0.4 is 4.74 Å². The van der Waals surface area contributed by atoms with Gasteiger partial charge in [0.1, 0.15) is 12.4 Å². The van der Waals surface area contributed by atoms with Crippen LogP contribution in [-0.2, 0) is 33.2 Å². The molecule has 250 valence electrons. The van der Waals surface area contributed by atoms with E-state index in [9.17, 15) is 10.1 Å². The van der Waals surface area contributed by atoms with Crippen molar-refractivity contribution in [3.63, 3.8) is 0 Å². The highest BCUT2D eigenvalue weighted by Crippen LogP contribution is 2.17. The van der Waals surface area contributed by atoms with E-state index in [4.69, 9.17) is 37.9 Å². The zero-order valence-corrected chi connectivity index (χ0v) is 26.5. The molecule has 0 heterocycles. The fraction of sp³-hybridized carbons (Fsp3) is 0.812. The molecule has 0 saturated heterocycles. The largest absolute Gasteiger partial charge is 0.491 e. The first-order chi connectivity index (χ1) is 21.2. The Balaban J connectivity index is 1.66. The minimum atomic E-state index is -0.446. The Kier molecular flexibility index (Phi) is 28.7. The summed E-state index contributed by atoms with van der Waals surface area (Å²) in [5.41, 5.74) is 0.0330. The number of hydrogen-bond donors (Lipinski definition) is 0. The average molecular weight is 616 g/mol. The molecule has 0 spiro atoms. The molecule has 43 heavy (non-hydrogen) atoms. The molecule has 1 aromatic carbocycles. The van der Waals surface area contributed by atoms with Gasteiger partial charge in [-0.05, 0) is 18.6 Å². The van der Waals surface area contributed by atoms with Crippen LogP contribution in [0.15, 0.2) is 24.3 Å². The number of non-ortho nitro benzene ring substituents is 1. The van der Waals surface area contributed by atoms with Gasteiger partial charge in [-0.15, -0.1) is 0 Å². The highest BCUT2D eigenvalue weighted by molar-refractivity contribution is 5.35. The van der Waals surface area contributed by atoms with Crippen molar-refractivity contribution in [3.8, 4) is 5.75 Å². The van der Waals surface area contributed by atoms with Gasteiger partial charge < -0.3 is 37.9 Å². The summed E-state index contributed by atoms with van der Waals surface area (Å²) < 4.78 is 44.0. The SMILES string of the molecule is CCCCCCCCCCCCOCCOCCOCCOCCOCCOCCOCCOc1ccc([N+](=O)[O-])cc1. The van der Waals surface area contributed by atoms with Crippen LogP contribution in [-0.4, -0.2) is 104 Å². The van der Waals surface area contributed by atoms with E-state index in [1.54, 1.807) is 12.1 Å². The van der Waals surface area contributed by atoms with E-state index in [0.717, 1.165) is 13.0 Å². The minimum absolute atomic E-state index is 0.0330. The van der Waals surface area contributed by atoms with Gasteiger partial charge in [-0.25, -0.2) is 0 Å². The van der Waals surface area contributed by atoms with Crippen LogP contribution in [0.1, 0.15) is 71.1 Å². The zero-order chi connectivity index (χ0) is 30.9. The Hall–Kier alpha value is -1.86. The first-order valence-electron chi connectivity index (χ1n) is 16.2. The van der Waals surface area contributed by atoms with Gasteiger partial charge in [0, 0.05) is 18.7 Å². The van der Waals surface area contributed by atoms with Crippen LogP contribution >= 0.6 is 0 Å². The van der Waals surface area contributed by atoms with Gasteiger partial charge in [0.05, 0.1) is 90.8 Å². The van der Waals surface area contributed by atoms with Gasteiger partial charge >= 0.3 is 0 Å². The quantitative estimate of drug-likeness (QED) is 0.0518. The maximum Gasteiger partial charge on any atom is 0.269 e. The molecule has 1 rings (SSSR count). The third kappa shape index (κ3) is 27.4. The molecule has 0 N–H and O–H groups in total. The number of hydrogen-bond acceptors (Lipinski definition) is 10. The van der Waals surface area contributed by atoms with Gasteiger partial charge in [0.25, 0.3) is 5.69 Å². The number of benzene rings is 1. The Labute approximate surface area is 258 Å². The van der Waals surface area contributed by atoms with Gasteiger partial charge in [-0.2, -0.15) is 0 Å². The van der Waals surface area contributed by atoms with Gasteiger partial charge in [-0.3, -0.25) is 10.1 Å². The molecule has 0 atom stereocenters. The standard InChI is InChI=1S/C32H57NO10/c1-2-3-4-5-6-7-8-9-10-11-16-36-17-18-37-19-20-38-21-22-39-23-24-40-25-26-41-27-28-42-29-30-43-32-14-12-31(13-15-32)33(34)35/h12-15H,2-11,16-30H2,1H3. The number of unbranched alkanes of at least 4 members (excludes halogenated alkanes) is 9. The fourth-order valence-electron chi connectivity index (χ4n) is 4.00. The van der Waals surface area contributed by atoms with E-state index >= 15 is 0 Å². The lowest BCUT2D eigenvalue weighted by Crippen LogP contribution is -2.15. The Morgan fingerprint density at radius 2 is 0.791 bits per heavy atom. The summed E-state index contributed by atoms with van der Waals surface area (Å²) in [5.74, 6) is 0.565. The van der Waals surface area contributed by atoms with E-state index in [1.807, 2.05) is 0 Å². The van der Waals surface area contributed by atoms with Crippen molar-refractivity contribution in [2.45, 2.75) is 71.1 Å². The van der Waals surface area contributed by atoms with Crippen LogP contribution in [0.3, 0.4) is 0 Å².